The SMILES string of the molecule is C[C@H](NC(=O)[C@@H]1CCCN(S(=O)(=O)Cc2ccc(Cl)cc2Cl)C1)c1ccc(F)cc1. The van der Waals surface area contributed by atoms with Gasteiger partial charge < -0.3 is 5.32 Å². The molecule has 1 heterocycles. The Bertz CT molecular complexity index is 1020. The van der Waals surface area contributed by atoms with Gasteiger partial charge in [0.25, 0.3) is 0 Å². The molecule has 1 aliphatic rings. The number of carbonyl (C=O) groups excluding carboxylic acids is 1. The molecule has 0 spiro atoms. The number of hydrogen-bond donors (Lipinski definition) is 1. The van der Waals surface area contributed by atoms with Gasteiger partial charge in [-0.25, -0.2) is 17.1 Å². The molecule has 1 fully saturated rings. The van der Waals surface area contributed by atoms with E-state index in [9.17, 15) is 17.6 Å². The molecule has 0 unspecified atom stereocenters. The summed E-state index contributed by atoms with van der Waals surface area (Å²) in [5, 5.41) is 3.64. The van der Waals surface area contributed by atoms with E-state index < -0.39 is 15.9 Å². The van der Waals surface area contributed by atoms with Crippen molar-refractivity contribution >= 4 is 39.1 Å². The number of benzene rings is 2. The third-order valence-corrected chi connectivity index (χ3v) is 7.61. The third-order valence-electron chi connectivity index (χ3n) is 5.23. The molecule has 0 aromatic heterocycles. The lowest BCUT2D eigenvalue weighted by Crippen LogP contribution is -2.46. The van der Waals surface area contributed by atoms with Gasteiger partial charge in [-0.1, -0.05) is 41.4 Å². The van der Waals surface area contributed by atoms with E-state index in [0.29, 0.717) is 35.0 Å². The maximum Gasteiger partial charge on any atom is 0.224 e. The molecule has 2 aromatic carbocycles. The Morgan fingerprint density at radius 3 is 2.60 bits per heavy atom. The average molecular weight is 473 g/mol. The standard InChI is InChI=1S/C21H23Cl2FN2O3S/c1-14(15-5-8-19(24)9-6-15)25-21(27)16-3-2-10-26(12-16)30(28,29)13-17-4-7-18(22)11-20(17)23/h4-9,11,14,16H,2-3,10,12-13H2,1H3,(H,25,27)/t14-,16+/m0/s1. The fourth-order valence-electron chi connectivity index (χ4n) is 3.50. The normalized spacial score (nSPS) is 18.7. The van der Waals surface area contributed by atoms with Gasteiger partial charge in [0.15, 0.2) is 0 Å². The molecular formula is C21H23Cl2FN2O3S. The molecule has 1 aliphatic heterocycles. The molecular weight excluding hydrogens is 450 g/mol. The van der Waals surface area contributed by atoms with E-state index in [0.717, 1.165) is 5.56 Å². The van der Waals surface area contributed by atoms with Crippen LogP contribution in [0.1, 0.15) is 36.9 Å². The number of piperidine rings is 1. The lowest BCUT2D eigenvalue weighted by molar-refractivity contribution is -0.126. The van der Waals surface area contributed by atoms with Crippen LogP contribution >= 0.6 is 23.2 Å². The van der Waals surface area contributed by atoms with Crippen LogP contribution in [0.4, 0.5) is 4.39 Å². The van der Waals surface area contributed by atoms with E-state index in [-0.39, 0.29) is 30.1 Å². The van der Waals surface area contributed by atoms with Crippen molar-refractivity contribution in [3.05, 3.63) is 69.5 Å². The number of nitrogens with zero attached hydrogens (tertiary/aromatic N) is 1. The van der Waals surface area contributed by atoms with Crippen molar-refractivity contribution in [2.75, 3.05) is 13.1 Å². The van der Waals surface area contributed by atoms with Crippen molar-refractivity contribution in [1.82, 2.24) is 9.62 Å². The number of sulfonamides is 1. The molecule has 2 atom stereocenters. The molecule has 0 radical (unpaired) electrons. The highest BCUT2D eigenvalue weighted by atomic mass is 35.5. The Balaban J connectivity index is 1.64. The van der Waals surface area contributed by atoms with Gasteiger partial charge >= 0.3 is 0 Å². The lowest BCUT2D eigenvalue weighted by atomic mass is 9.98. The maximum absolute atomic E-state index is 13.1. The number of nitrogens with one attached hydrogen (secondary N) is 1. The van der Waals surface area contributed by atoms with Gasteiger partial charge in [-0.2, -0.15) is 0 Å². The summed E-state index contributed by atoms with van der Waals surface area (Å²) in [7, 11) is -3.64. The van der Waals surface area contributed by atoms with Crippen LogP contribution in [0.3, 0.4) is 0 Å². The van der Waals surface area contributed by atoms with E-state index in [1.165, 1.54) is 22.5 Å². The van der Waals surface area contributed by atoms with Gasteiger partial charge in [0.05, 0.1) is 17.7 Å². The molecule has 2 aromatic rings. The van der Waals surface area contributed by atoms with Crippen molar-refractivity contribution in [2.45, 2.75) is 31.6 Å². The molecule has 0 bridgehead atoms. The molecule has 30 heavy (non-hydrogen) atoms. The minimum Gasteiger partial charge on any atom is -0.349 e. The van der Waals surface area contributed by atoms with Gasteiger partial charge in [-0.15, -0.1) is 0 Å². The van der Waals surface area contributed by atoms with Crippen molar-refractivity contribution in [3.63, 3.8) is 0 Å². The van der Waals surface area contributed by atoms with Gasteiger partial charge in [-0.05, 0) is 55.2 Å². The fraction of sp³-hybridized carbons (Fsp3) is 0.381. The smallest absolute Gasteiger partial charge is 0.224 e. The van der Waals surface area contributed by atoms with E-state index in [1.54, 1.807) is 24.3 Å². The first kappa shape index (κ1) is 23.0. The van der Waals surface area contributed by atoms with E-state index in [2.05, 4.69) is 5.32 Å². The predicted octanol–water partition coefficient (Wildman–Crippen LogP) is 4.55. The maximum atomic E-state index is 13.1. The number of hydrogen-bond acceptors (Lipinski definition) is 3. The van der Waals surface area contributed by atoms with Crippen molar-refractivity contribution < 1.29 is 17.6 Å². The van der Waals surface area contributed by atoms with E-state index in [1.807, 2.05) is 6.92 Å². The first-order chi connectivity index (χ1) is 14.2. The van der Waals surface area contributed by atoms with Crippen molar-refractivity contribution in [1.29, 1.82) is 0 Å². The van der Waals surface area contributed by atoms with Gasteiger partial charge in [0.2, 0.25) is 15.9 Å². The third kappa shape index (κ3) is 5.72. The van der Waals surface area contributed by atoms with Gasteiger partial charge in [0, 0.05) is 23.1 Å². The molecule has 0 aliphatic carbocycles. The Labute approximate surface area is 186 Å². The Hall–Kier alpha value is -1.67. The molecule has 3 rings (SSSR count). The Morgan fingerprint density at radius 2 is 1.93 bits per heavy atom. The Kier molecular flexibility index (Phi) is 7.39. The van der Waals surface area contributed by atoms with Gasteiger partial charge in [0.1, 0.15) is 5.82 Å². The van der Waals surface area contributed by atoms with Crippen molar-refractivity contribution in [2.24, 2.45) is 5.92 Å². The highest BCUT2D eigenvalue weighted by Gasteiger charge is 2.33. The summed E-state index contributed by atoms with van der Waals surface area (Å²) in [6.07, 6.45) is 1.20. The summed E-state index contributed by atoms with van der Waals surface area (Å²) >= 11 is 12.0. The van der Waals surface area contributed by atoms with Crippen LogP contribution < -0.4 is 5.32 Å². The number of rotatable bonds is 6. The van der Waals surface area contributed by atoms with Crippen LogP contribution in [0, 0.1) is 11.7 Å². The van der Waals surface area contributed by atoms with Gasteiger partial charge in [-0.3, -0.25) is 4.79 Å². The zero-order valence-electron chi connectivity index (χ0n) is 16.4. The first-order valence-corrected chi connectivity index (χ1v) is 12.0. The number of carbonyl (C=O) groups is 1. The number of halogens is 3. The molecule has 162 valence electrons. The zero-order chi connectivity index (χ0) is 21.9. The minimum atomic E-state index is -3.64. The largest absolute Gasteiger partial charge is 0.349 e. The van der Waals surface area contributed by atoms with Crippen LogP contribution in [0.2, 0.25) is 10.0 Å². The van der Waals surface area contributed by atoms with Crippen LogP contribution in [0.15, 0.2) is 42.5 Å². The summed E-state index contributed by atoms with van der Waals surface area (Å²) in [6.45, 7) is 2.30. The highest BCUT2D eigenvalue weighted by molar-refractivity contribution is 7.88. The lowest BCUT2D eigenvalue weighted by Gasteiger charge is -2.32. The van der Waals surface area contributed by atoms with Crippen LogP contribution in [-0.4, -0.2) is 31.7 Å². The second-order valence-electron chi connectivity index (χ2n) is 7.47. The van der Waals surface area contributed by atoms with E-state index in [4.69, 9.17) is 23.2 Å². The van der Waals surface area contributed by atoms with E-state index >= 15 is 0 Å². The monoisotopic (exact) mass is 472 g/mol. The summed E-state index contributed by atoms with van der Waals surface area (Å²) in [6, 6.07) is 10.3. The fourth-order valence-corrected chi connectivity index (χ4v) is 5.70. The zero-order valence-corrected chi connectivity index (χ0v) is 18.8. The summed E-state index contributed by atoms with van der Waals surface area (Å²) < 4.78 is 40.3. The molecule has 1 amide bonds. The number of amides is 1. The summed E-state index contributed by atoms with van der Waals surface area (Å²) in [5.74, 6) is -1.25. The van der Waals surface area contributed by atoms with Crippen molar-refractivity contribution in [3.8, 4) is 0 Å². The second kappa shape index (κ2) is 9.64. The quantitative estimate of drug-likeness (QED) is 0.670. The second-order valence-corrected chi connectivity index (χ2v) is 10.3. The van der Waals surface area contributed by atoms with Crippen LogP contribution in [0.5, 0.6) is 0 Å². The van der Waals surface area contributed by atoms with Crippen LogP contribution in [-0.2, 0) is 20.6 Å². The summed E-state index contributed by atoms with van der Waals surface area (Å²) in [5.41, 5.74) is 1.25. The molecule has 9 heteroatoms. The topological polar surface area (TPSA) is 66.5 Å². The summed E-state index contributed by atoms with van der Waals surface area (Å²) in [4.78, 5) is 12.7. The first-order valence-electron chi connectivity index (χ1n) is 9.63. The van der Waals surface area contributed by atoms with Crippen LogP contribution in [0.25, 0.3) is 0 Å². The highest BCUT2D eigenvalue weighted by Crippen LogP contribution is 2.26. The predicted molar refractivity (Wildman–Crippen MR) is 116 cm³/mol. The molecule has 0 saturated carbocycles. The minimum absolute atomic E-state index is 0.121. The molecule has 1 saturated heterocycles. The molecule has 1 N–H and O–H groups in total. The average Bonchev–Trinajstić information content (AvgIpc) is 2.70. The Morgan fingerprint density at radius 1 is 1.23 bits per heavy atom. The molecule has 5 nitrogen and oxygen atoms in total.